The topological polar surface area (TPSA) is 138 Å². The molecule has 32 heavy (non-hydrogen) atoms. The van der Waals surface area contributed by atoms with Gasteiger partial charge in [0.2, 0.25) is 11.7 Å². The molecule has 4 aromatic heterocycles. The number of ether oxygens (including phenoxy) is 2. The summed E-state index contributed by atoms with van der Waals surface area (Å²) >= 11 is 0. The number of carbonyl (C=O) groups is 1. The molecule has 0 aliphatic heterocycles. The Morgan fingerprint density at radius 1 is 1.09 bits per heavy atom. The summed E-state index contributed by atoms with van der Waals surface area (Å²) in [6.45, 7) is 0.305. The van der Waals surface area contributed by atoms with Gasteiger partial charge in [-0.3, -0.25) is 0 Å². The van der Waals surface area contributed by atoms with E-state index in [4.69, 9.17) is 19.1 Å². The molecular weight excluding hydrogens is 416 g/mol. The Labute approximate surface area is 180 Å². The first-order valence-electron chi connectivity index (χ1n) is 9.55. The number of nitrogens with zero attached hydrogens (tertiary/aromatic N) is 6. The van der Waals surface area contributed by atoms with Crippen molar-refractivity contribution in [1.82, 2.24) is 30.0 Å². The third-order valence-corrected chi connectivity index (χ3v) is 4.69. The summed E-state index contributed by atoms with van der Waals surface area (Å²) in [7, 11) is 1.56. The van der Waals surface area contributed by atoms with Crippen molar-refractivity contribution in [3.05, 3.63) is 65.7 Å². The first-order chi connectivity index (χ1) is 15.6. The average Bonchev–Trinajstić information content (AvgIpc) is 3.45. The number of carboxylic acid groups (broad SMARTS) is 1. The molecule has 0 bridgehead atoms. The predicted octanol–water partition coefficient (Wildman–Crippen LogP) is 2.75. The number of aromatic nitrogens is 6. The zero-order valence-electron chi connectivity index (χ0n) is 16.8. The van der Waals surface area contributed by atoms with Crippen molar-refractivity contribution < 1.29 is 23.9 Å². The van der Waals surface area contributed by atoms with Gasteiger partial charge in [0.25, 0.3) is 0 Å². The summed E-state index contributed by atoms with van der Waals surface area (Å²) in [5.41, 5.74) is 1.39. The van der Waals surface area contributed by atoms with E-state index in [0.29, 0.717) is 34.5 Å². The van der Waals surface area contributed by atoms with Crippen molar-refractivity contribution in [2.24, 2.45) is 0 Å². The number of rotatable bonds is 7. The number of carboxylic acids is 1. The van der Waals surface area contributed by atoms with E-state index in [2.05, 4.69) is 25.4 Å². The van der Waals surface area contributed by atoms with Crippen LogP contribution in [0.1, 0.15) is 21.9 Å². The summed E-state index contributed by atoms with van der Waals surface area (Å²) in [6, 6.07) is 13.9. The molecule has 11 nitrogen and oxygen atoms in total. The summed E-state index contributed by atoms with van der Waals surface area (Å²) in [5.74, 6) is 0.136. The molecule has 0 saturated heterocycles. The van der Waals surface area contributed by atoms with E-state index in [0.717, 1.165) is 10.8 Å². The van der Waals surface area contributed by atoms with Crippen molar-refractivity contribution in [1.29, 1.82) is 0 Å². The monoisotopic (exact) mass is 432 g/mol. The second-order valence-electron chi connectivity index (χ2n) is 6.83. The highest BCUT2D eigenvalue weighted by atomic mass is 16.5. The van der Waals surface area contributed by atoms with Crippen molar-refractivity contribution in [2.75, 3.05) is 7.11 Å². The number of benzene rings is 1. The molecule has 160 valence electrons. The van der Waals surface area contributed by atoms with Gasteiger partial charge in [0.1, 0.15) is 18.9 Å². The van der Waals surface area contributed by atoms with Crippen LogP contribution in [0.25, 0.3) is 27.9 Å². The van der Waals surface area contributed by atoms with Gasteiger partial charge in [-0.1, -0.05) is 29.4 Å². The molecular formula is C21H16N6O5. The van der Waals surface area contributed by atoms with Crippen LogP contribution in [0.5, 0.6) is 5.88 Å². The van der Waals surface area contributed by atoms with E-state index in [-0.39, 0.29) is 18.9 Å². The number of hydrogen-bond donors (Lipinski definition) is 1. The lowest BCUT2D eigenvalue weighted by atomic mass is 10.2. The van der Waals surface area contributed by atoms with Crippen LogP contribution >= 0.6 is 0 Å². The molecule has 5 aromatic rings. The Morgan fingerprint density at radius 3 is 2.75 bits per heavy atom. The molecule has 0 saturated carbocycles. The highest BCUT2D eigenvalue weighted by molar-refractivity contribution is 5.97. The van der Waals surface area contributed by atoms with Crippen molar-refractivity contribution >= 4 is 22.4 Å². The Balaban J connectivity index is 1.56. The summed E-state index contributed by atoms with van der Waals surface area (Å²) in [4.78, 5) is 15.3. The molecule has 0 unspecified atom stereocenters. The maximum absolute atomic E-state index is 11.2. The lowest BCUT2D eigenvalue weighted by molar-refractivity contribution is 0.0690. The molecule has 0 spiro atoms. The molecule has 0 aliphatic rings. The van der Waals surface area contributed by atoms with Gasteiger partial charge in [0.15, 0.2) is 17.1 Å². The molecule has 0 radical (unpaired) electrons. The standard InChI is InChI=1S/C21H16N6O5/c1-30-11-13-9-17(26-32-13)19-24-23-18-14-6-2-3-7-15(14)20(25-27(18)19)31-10-12-5-4-8-16(22-12)21(28)29/h2-9H,10-11H2,1H3,(H,28,29). The van der Waals surface area contributed by atoms with E-state index < -0.39 is 5.97 Å². The summed E-state index contributed by atoms with van der Waals surface area (Å²) in [6.07, 6.45) is 0. The minimum Gasteiger partial charge on any atom is -0.477 e. The lowest BCUT2D eigenvalue weighted by Gasteiger charge is -2.09. The third kappa shape index (κ3) is 3.50. The summed E-state index contributed by atoms with van der Waals surface area (Å²) in [5, 5.41) is 27.8. The zero-order chi connectivity index (χ0) is 22.1. The van der Waals surface area contributed by atoms with E-state index in [9.17, 15) is 4.79 Å². The number of aromatic carboxylic acids is 1. The quantitative estimate of drug-likeness (QED) is 0.408. The Kier molecular flexibility index (Phi) is 4.92. The second kappa shape index (κ2) is 8.04. The van der Waals surface area contributed by atoms with Crippen LogP contribution in [0.2, 0.25) is 0 Å². The Hall–Kier alpha value is -4.38. The molecule has 0 aliphatic carbocycles. The van der Waals surface area contributed by atoms with Crippen molar-refractivity contribution in [3.8, 4) is 17.4 Å². The smallest absolute Gasteiger partial charge is 0.354 e. The van der Waals surface area contributed by atoms with Crippen LogP contribution in [0.3, 0.4) is 0 Å². The maximum atomic E-state index is 11.2. The van der Waals surface area contributed by atoms with Crippen LogP contribution in [-0.2, 0) is 18.0 Å². The molecule has 4 heterocycles. The van der Waals surface area contributed by atoms with Crippen molar-refractivity contribution in [2.45, 2.75) is 13.2 Å². The fraction of sp³-hybridized carbons (Fsp3) is 0.143. The molecule has 11 heteroatoms. The first-order valence-corrected chi connectivity index (χ1v) is 9.55. The van der Waals surface area contributed by atoms with Crippen LogP contribution in [0, 0.1) is 0 Å². The Bertz CT molecular complexity index is 1440. The fourth-order valence-corrected chi connectivity index (χ4v) is 3.27. The van der Waals surface area contributed by atoms with Crippen LogP contribution in [-0.4, -0.2) is 48.1 Å². The molecule has 0 fully saturated rings. The third-order valence-electron chi connectivity index (χ3n) is 4.69. The van der Waals surface area contributed by atoms with Gasteiger partial charge < -0.3 is 19.1 Å². The zero-order valence-corrected chi connectivity index (χ0v) is 16.8. The fourth-order valence-electron chi connectivity index (χ4n) is 3.27. The normalized spacial score (nSPS) is 11.3. The minimum atomic E-state index is -1.11. The highest BCUT2D eigenvalue weighted by Crippen LogP contribution is 2.29. The molecule has 0 amide bonds. The average molecular weight is 432 g/mol. The molecule has 0 atom stereocenters. The maximum Gasteiger partial charge on any atom is 0.354 e. The number of fused-ring (bicyclic) bond motifs is 3. The van der Waals surface area contributed by atoms with Gasteiger partial charge in [-0.2, -0.15) is 4.52 Å². The molecule has 1 N–H and O–H groups in total. The second-order valence-corrected chi connectivity index (χ2v) is 6.83. The van der Waals surface area contributed by atoms with Gasteiger partial charge in [-0.15, -0.1) is 15.3 Å². The SMILES string of the molecule is COCc1cc(-c2nnc3c4ccccc4c(OCc4cccc(C(=O)O)n4)nn23)no1. The first kappa shape index (κ1) is 19.6. The van der Waals surface area contributed by atoms with Crippen LogP contribution in [0.4, 0.5) is 0 Å². The largest absolute Gasteiger partial charge is 0.477 e. The molecule has 5 rings (SSSR count). The molecule has 1 aromatic carbocycles. The van der Waals surface area contributed by atoms with Gasteiger partial charge >= 0.3 is 5.97 Å². The van der Waals surface area contributed by atoms with Gasteiger partial charge in [-0.05, 0) is 18.2 Å². The Morgan fingerprint density at radius 2 is 1.94 bits per heavy atom. The lowest BCUT2D eigenvalue weighted by Crippen LogP contribution is -2.07. The van der Waals surface area contributed by atoms with Gasteiger partial charge in [-0.25, -0.2) is 9.78 Å². The van der Waals surface area contributed by atoms with Gasteiger partial charge in [0, 0.05) is 23.9 Å². The van der Waals surface area contributed by atoms with E-state index in [1.54, 1.807) is 25.3 Å². The number of pyridine rings is 1. The number of hydrogen-bond acceptors (Lipinski definition) is 9. The highest BCUT2D eigenvalue weighted by Gasteiger charge is 2.19. The minimum absolute atomic E-state index is 0.0308. The van der Waals surface area contributed by atoms with E-state index in [1.165, 1.54) is 10.6 Å². The van der Waals surface area contributed by atoms with Crippen LogP contribution in [0.15, 0.2) is 53.1 Å². The van der Waals surface area contributed by atoms with E-state index >= 15 is 0 Å². The van der Waals surface area contributed by atoms with Crippen LogP contribution < -0.4 is 4.74 Å². The van der Waals surface area contributed by atoms with Gasteiger partial charge in [0.05, 0.1) is 5.69 Å². The summed E-state index contributed by atoms with van der Waals surface area (Å²) < 4.78 is 17.8. The predicted molar refractivity (Wildman–Crippen MR) is 110 cm³/mol. The van der Waals surface area contributed by atoms with E-state index in [1.807, 2.05) is 24.3 Å². The number of methoxy groups -OCH3 is 1. The van der Waals surface area contributed by atoms with Crippen molar-refractivity contribution in [3.63, 3.8) is 0 Å².